The molecule has 8 nitrogen and oxygen atoms in total. The minimum atomic E-state index is -1.00. The number of hydrogen-bond donors (Lipinski definition) is 4. The van der Waals surface area contributed by atoms with Crippen LogP contribution in [0.4, 0.5) is 4.79 Å². The van der Waals surface area contributed by atoms with Crippen molar-refractivity contribution in [3.63, 3.8) is 0 Å². The molecule has 0 radical (unpaired) electrons. The number of nitrogens with zero attached hydrogens (tertiary/aromatic N) is 1. The molecule has 16 heavy (non-hydrogen) atoms. The molecule has 8 heteroatoms. The molecule has 0 aromatic rings. The van der Waals surface area contributed by atoms with Gasteiger partial charge in [-0.15, -0.1) is 0 Å². The number of carboxylic acid groups (broad SMARTS) is 1. The Morgan fingerprint density at radius 2 is 2.19 bits per heavy atom. The molecule has 0 spiro atoms. The minimum Gasteiger partial charge on any atom is -0.480 e. The Morgan fingerprint density at radius 3 is 2.75 bits per heavy atom. The summed E-state index contributed by atoms with van der Waals surface area (Å²) in [7, 11) is 0. The van der Waals surface area contributed by atoms with E-state index in [9.17, 15) is 14.4 Å². The Morgan fingerprint density at radius 1 is 1.50 bits per heavy atom. The lowest BCUT2D eigenvalue weighted by Gasteiger charge is -2.32. The summed E-state index contributed by atoms with van der Waals surface area (Å²) < 4.78 is 0. The van der Waals surface area contributed by atoms with Gasteiger partial charge in [0.05, 0.1) is 6.54 Å². The van der Waals surface area contributed by atoms with Crippen molar-refractivity contribution in [2.24, 2.45) is 5.73 Å². The van der Waals surface area contributed by atoms with Gasteiger partial charge in [0.15, 0.2) is 0 Å². The van der Waals surface area contributed by atoms with E-state index in [0.29, 0.717) is 13.1 Å². The van der Waals surface area contributed by atoms with Crippen molar-refractivity contribution in [2.45, 2.75) is 6.04 Å². The van der Waals surface area contributed by atoms with E-state index in [1.807, 2.05) is 5.32 Å². The molecule has 1 aliphatic heterocycles. The maximum absolute atomic E-state index is 11.2. The Hall–Kier alpha value is -1.67. The average Bonchev–Trinajstić information content (AvgIpc) is 2.16. The molecule has 0 bridgehead atoms. The molecule has 5 N–H and O–H groups in total. The fourth-order valence-corrected chi connectivity index (χ4v) is 1.54. The van der Waals surface area contributed by atoms with Gasteiger partial charge in [-0.05, 0) is 0 Å². The summed E-state index contributed by atoms with van der Waals surface area (Å²) in [6, 6.07) is -1.70. The lowest BCUT2D eigenvalue weighted by Crippen LogP contribution is -2.57. The number of piperazine rings is 1. The van der Waals surface area contributed by atoms with E-state index >= 15 is 0 Å². The second kappa shape index (κ2) is 5.42. The summed E-state index contributed by atoms with van der Waals surface area (Å²) in [6.45, 7) is 1.16. The van der Waals surface area contributed by atoms with Crippen LogP contribution in [0.25, 0.3) is 0 Å². The van der Waals surface area contributed by atoms with Crippen LogP contribution in [-0.2, 0) is 9.59 Å². The summed E-state index contributed by atoms with van der Waals surface area (Å²) in [6.07, 6.45) is 0. The van der Waals surface area contributed by atoms with E-state index in [-0.39, 0.29) is 13.1 Å². The number of rotatable bonds is 3. The van der Waals surface area contributed by atoms with Gasteiger partial charge in [-0.2, -0.15) is 0 Å². The highest BCUT2D eigenvalue weighted by molar-refractivity contribution is 5.94. The molecule has 1 aliphatic rings. The van der Waals surface area contributed by atoms with Crippen LogP contribution in [0, 0.1) is 0 Å². The predicted molar refractivity (Wildman–Crippen MR) is 53.6 cm³/mol. The molecule has 1 rings (SSSR count). The maximum atomic E-state index is 11.2. The standard InChI is InChI=1S/C8H14N4O4/c9-8(16)11-6(13)4-12-2-1-10-3-5(12)7(14)15/h5,10H,1-4H2,(H,14,15)(H3,9,11,13,16). The fraction of sp³-hybridized carbons (Fsp3) is 0.625. The Labute approximate surface area is 91.8 Å². The van der Waals surface area contributed by atoms with Crippen LogP contribution >= 0.6 is 0 Å². The second-order valence-electron chi connectivity index (χ2n) is 3.44. The van der Waals surface area contributed by atoms with E-state index in [2.05, 4.69) is 5.32 Å². The van der Waals surface area contributed by atoms with Gasteiger partial charge in [-0.1, -0.05) is 0 Å². The molecule has 0 aliphatic carbocycles. The van der Waals surface area contributed by atoms with E-state index in [0.717, 1.165) is 0 Å². The van der Waals surface area contributed by atoms with Crippen molar-refractivity contribution in [3.8, 4) is 0 Å². The fourth-order valence-electron chi connectivity index (χ4n) is 1.54. The smallest absolute Gasteiger partial charge is 0.322 e. The Bertz CT molecular complexity index is 306. The van der Waals surface area contributed by atoms with E-state index < -0.39 is 23.9 Å². The van der Waals surface area contributed by atoms with Gasteiger partial charge in [0.2, 0.25) is 5.91 Å². The lowest BCUT2D eigenvalue weighted by atomic mass is 10.2. The second-order valence-corrected chi connectivity index (χ2v) is 3.44. The maximum Gasteiger partial charge on any atom is 0.322 e. The lowest BCUT2D eigenvalue weighted by molar-refractivity contribution is -0.144. The Kier molecular flexibility index (Phi) is 4.20. The molecular weight excluding hydrogens is 216 g/mol. The quantitative estimate of drug-likeness (QED) is 0.426. The number of hydrogen-bond acceptors (Lipinski definition) is 5. The third kappa shape index (κ3) is 3.48. The molecule has 0 aromatic heterocycles. The molecule has 1 fully saturated rings. The number of primary amides is 1. The van der Waals surface area contributed by atoms with Gasteiger partial charge < -0.3 is 16.2 Å². The van der Waals surface area contributed by atoms with Gasteiger partial charge in [0.1, 0.15) is 6.04 Å². The van der Waals surface area contributed by atoms with Crippen LogP contribution in [0.5, 0.6) is 0 Å². The van der Waals surface area contributed by atoms with Crippen LogP contribution in [-0.4, -0.2) is 60.1 Å². The van der Waals surface area contributed by atoms with E-state index in [1.54, 1.807) is 0 Å². The first kappa shape index (κ1) is 12.4. The van der Waals surface area contributed by atoms with Gasteiger partial charge in [-0.25, -0.2) is 4.79 Å². The van der Waals surface area contributed by atoms with Crippen molar-refractivity contribution in [2.75, 3.05) is 26.2 Å². The van der Waals surface area contributed by atoms with E-state index in [1.165, 1.54) is 4.90 Å². The first-order valence-corrected chi connectivity index (χ1v) is 4.77. The zero-order valence-corrected chi connectivity index (χ0v) is 8.60. The Balaban J connectivity index is 2.52. The number of aliphatic carboxylic acids is 1. The summed E-state index contributed by atoms with van der Waals surface area (Å²) >= 11 is 0. The van der Waals surface area contributed by atoms with Gasteiger partial charge in [-0.3, -0.25) is 19.8 Å². The van der Waals surface area contributed by atoms with Crippen LogP contribution < -0.4 is 16.4 Å². The molecule has 1 saturated heterocycles. The molecule has 1 heterocycles. The molecule has 0 aromatic carbocycles. The number of carbonyl (C=O) groups is 3. The number of nitrogens with two attached hydrogens (primary N) is 1. The summed E-state index contributed by atoms with van der Waals surface area (Å²) in [5.74, 6) is -1.60. The topological polar surface area (TPSA) is 125 Å². The van der Waals surface area contributed by atoms with Crippen molar-refractivity contribution in [1.82, 2.24) is 15.5 Å². The largest absolute Gasteiger partial charge is 0.480 e. The number of carbonyl (C=O) groups excluding carboxylic acids is 2. The first-order valence-electron chi connectivity index (χ1n) is 4.77. The zero-order valence-electron chi connectivity index (χ0n) is 8.60. The molecule has 1 atom stereocenters. The molecule has 0 saturated carbocycles. The van der Waals surface area contributed by atoms with Crippen molar-refractivity contribution in [3.05, 3.63) is 0 Å². The van der Waals surface area contributed by atoms with Gasteiger partial charge in [0, 0.05) is 19.6 Å². The third-order valence-corrected chi connectivity index (χ3v) is 2.25. The van der Waals surface area contributed by atoms with Gasteiger partial charge >= 0.3 is 12.0 Å². The van der Waals surface area contributed by atoms with Crippen molar-refractivity contribution >= 4 is 17.9 Å². The van der Waals surface area contributed by atoms with Crippen LogP contribution in [0.15, 0.2) is 0 Å². The predicted octanol–water partition coefficient (Wildman–Crippen LogP) is -2.46. The van der Waals surface area contributed by atoms with Crippen LogP contribution in [0.3, 0.4) is 0 Å². The van der Waals surface area contributed by atoms with Gasteiger partial charge in [0.25, 0.3) is 0 Å². The summed E-state index contributed by atoms with van der Waals surface area (Å²) in [5.41, 5.74) is 4.77. The normalized spacial score (nSPS) is 21.4. The first-order chi connectivity index (χ1) is 7.50. The molecule has 1 unspecified atom stereocenters. The number of carboxylic acids is 1. The van der Waals surface area contributed by atoms with E-state index in [4.69, 9.17) is 10.8 Å². The monoisotopic (exact) mass is 230 g/mol. The summed E-state index contributed by atoms with van der Waals surface area (Å²) in [5, 5.41) is 13.7. The third-order valence-electron chi connectivity index (χ3n) is 2.25. The number of imide groups is 1. The van der Waals surface area contributed by atoms with Crippen LogP contribution in [0.1, 0.15) is 0 Å². The SMILES string of the molecule is NC(=O)NC(=O)CN1CCNCC1C(=O)O. The van der Waals surface area contributed by atoms with Crippen molar-refractivity contribution < 1.29 is 19.5 Å². The molecular formula is C8H14N4O4. The summed E-state index contributed by atoms with van der Waals surface area (Å²) in [4.78, 5) is 34.0. The average molecular weight is 230 g/mol. The highest BCUT2D eigenvalue weighted by Gasteiger charge is 2.29. The highest BCUT2D eigenvalue weighted by Crippen LogP contribution is 2.02. The highest BCUT2D eigenvalue weighted by atomic mass is 16.4. The zero-order chi connectivity index (χ0) is 12.1. The molecule has 90 valence electrons. The van der Waals surface area contributed by atoms with Crippen LogP contribution in [0.2, 0.25) is 0 Å². The number of urea groups is 1. The number of nitrogens with one attached hydrogen (secondary N) is 2. The van der Waals surface area contributed by atoms with Crippen molar-refractivity contribution in [1.29, 1.82) is 0 Å². The number of amides is 3. The molecule has 3 amide bonds. The minimum absolute atomic E-state index is 0.151.